The molecule has 1 aromatic rings. The van der Waals surface area contributed by atoms with Crippen molar-refractivity contribution < 1.29 is 4.79 Å². The summed E-state index contributed by atoms with van der Waals surface area (Å²) in [7, 11) is 0. The summed E-state index contributed by atoms with van der Waals surface area (Å²) in [5, 5.41) is 6.51. The second-order valence-corrected chi connectivity index (χ2v) is 6.21. The normalized spacial score (nSPS) is 22.4. The number of carbonyl (C=O) groups excluding carboxylic acids is 1. The molecule has 1 aliphatic rings. The van der Waals surface area contributed by atoms with Gasteiger partial charge >= 0.3 is 0 Å². The lowest BCUT2D eigenvalue weighted by atomic mass is 9.83. The molecular weight excluding hydrogens is 248 g/mol. The van der Waals surface area contributed by atoms with Gasteiger partial charge in [-0.05, 0) is 43.2 Å². The van der Waals surface area contributed by atoms with Crippen molar-refractivity contribution in [1.82, 2.24) is 10.6 Å². The molecule has 2 N–H and O–H groups in total. The molecule has 0 bridgehead atoms. The van der Waals surface area contributed by atoms with E-state index in [-0.39, 0.29) is 11.3 Å². The second kappa shape index (κ2) is 7.44. The molecule has 0 aromatic heterocycles. The van der Waals surface area contributed by atoms with E-state index in [0.717, 1.165) is 32.5 Å². The number of hydrogen-bond donors (Lipinski definition) is 2. The standard InChI is InChI=1S/C17H26N2O/c1-17(11-6-12-18-13-17)14-19-16(20)10-5-9-15-7-3-2-4-8-15/h2-4,7-8,18H,5-6,9-14H2,1H3,(H,19,20). The number of carbonyl (C=O) groups is 1. The van der Waals surface area contributed by atoms with Crippen LogP contribution in [0.15, 0.2) is 30.3 Å². The van der Waals surface area contributed by atoms with Gasteiger partial charge in [-0.3, -0.25) is 4.79 Å². The van der Waals surface area contributed by atoms with Crippen LogP contribution >= 0.6 is 0 Å². The van der Waals surface area contributed by atoms with Gasteiger partial charge in [-0.25, -0.2) is 0 Å². The molecule has 1 aromatic carbocycles. The number of amides is 1. The molecule has 3 nitrogen and oxygen atoms in total. The van der Waals surface area contributed by atoms with Gasteiger partial charge in [-0.1, -0.05) is 37.3 Å². The van der Waals surface area contributed by atoms with Crippen molar-refractivity contribution in [2.24, 2.45) is 5.41 Å². The quantitative estimate of drug-likeness (QED) is 0.837. The van der Waals surface area contributed by atoms with Crippen molar-refractivity contribution in [3.05, 3.63) is 35.9 Å². The van der Waals surface area contributed by atoms with Crippen molar-refractivity contribution in [3.8, 4) is 0 Å². The Labute approximate surface area is 122 Å². The molecule has 1 fully saturated rings. The summed E-state index contributed by atoms with van der Waals surface area (Å²) in [6.07, 6.45) is 4.93. The minimum absolute atomic E-state index is 0.188. The molecule has 3 heteroatoms. The molecule has 1 heterocycles. The monoisotopic (exact) mass is 274 g/mol. The zero-order valence-electron chi connectivity index (χ0n) is 12.5. The average Bonchev–Trinajstić information content (AvgIpc) is 2.47. The predicted octanol–water partition coefficient (Wildman–Crippen LogP) is 2.52. The lowest BCUT2D eigenvalue weighted by Gasteiger charge is -2.34. The maximum absolute atomic E-state index is 11.9. The highest BCUT2D eigenvalue weighted by Gasteiger charge is 2.26. The maximum Gasteiger partial charge on any atom is 0.220 e. The average molecular weight is 274 g/mol. The Kier molecular flexibility index (Phi) is 5.60. The highest BCUT2D eigenvalue weighted by Crippen LogP contribution is 2.24. The van der Waals surface area contributed by atoms with E-state index in [1.54, 1.807) is 0 Å². The third-order valence-electron chi connectivity index (χ3n) is 4.11. The molecule has 1 aliphatic heterocycles. The van der Waals surface area contributed by atoms with E-state index in [1.165, 1.54) is 18.4 Å². The molecule has 110 valence electrons. The molecule has 0 aliphatic carbocycles. The Morgan fingerprint density at radius 2 is 2.15 bits per heavy atom. The maximum atomic E-state index is 11.9. The smallest absolute Gasteiger partial charge is 0.220 e. The second-order valence-electron chi connectivity index (χ2n) is 6.21. The number of benzene rings is 1. The van der Waals surface area contributed by atoms with Gasteiger partial charge < -0.3 is 10.6 Å². The van der Waals surface area contributed by atoms with Gasteiger partial charge in [-0.15, -0.1) is 0 Å². The van der Waals surface area contributed by atoms with Gasteiger partial charge in [0.05, 0.1) is 0 Å². The van der Waals surface area contributed by atoms with Gasteiger partial charge in [0.1, 0.15) is 0 Å². The Balaban J connectivity index is 1.63. The van der Waals surface area contributed by atoms with Gasteiger partial charge in [0, 0.05) is 19.5 Å². The summed E-state index contributed by atoms with van der Waals surface area (Å²) >= 11 is 0. The van der Waals surface area contributed by atoms with Crippen LogP contribution in [0.5, 0.6) is 0 Å². The van der Waals surface area contributed by atoms with Crippen LogP contribution in [0.2, 0.25) is 0 Å². The third-order valence-corrected chi connectivity index (χ3v) is 4.11. The van der Waals surface area contributed by atoms with E-state index >= 15 is 0 Å². The summed E-state index contributed by atoms with van der Waals surface area (Å²) in [6, 6.07) is 10.4. The Morgan fingerprint density at radius 3 is 2.85 bits per heavy atom. The van der Waals surface area contributed by atoms with E-state index in [0.29, 0.717) is 6.42 Å². The zero-order valence-corrected chi connectivity index (χ0v) is 12.5. The first-order valence-corrected chi connectivity index (χ1v) is 7.69. The third kappa shape index (κ3) is 4.97. The molecule has 20 heavy (non-hydrogen) atoms. The molecule has 1 amide bonds. The summed E-state index contributed by atoms with van der Waals surface area (Å²) in [5.74, 6) is 0.188. The van der Waals surface area contributed by atoms with Crippen LogP contribution in [0.3, 0.4) is 0 Å². The highest BCUT2D eigenvalue weighted by atomic mass is 16.1. The fraction of sp³-hybridized carbons (Fsp3) is 0.588. The lowest BCUT2D eigenvalue weighted by molar-refractivity contribution is -0.121. The highest BCUT2D eigenvalue weighted by molar-refractivity contribution is 5.75. The first-order chi connectivity index (χ1) is 9.68. The number of hydrogen-bond acceptors (Lipinski definition) is 2. The molecule has 1 atom stereocenters. The number of rotatable bonds is 6. The fourth-order valence-corrected chi connectivity index (χ4v) is 2.77. The van der Waals surface area contributed by atoms with Crippen molar-refractivity contribution in [3.63, 3.8) is 0 Å². The zero-order chi connectivity index (χ0) is 14.3. The van der Waals surface area contributed by atoms with Crippen molar-refractivity contribution in [1.29, 1.82) is 0 Å². The van der Waals surface area contributed by atoms with Crippen LogP contribution in [0.1, 0.15) is 38.2 Å². The van der Waals surface area contributed by atoms with Crippen LogP contribution in [-0.4, -0.2) is 25.5 Å². The van der Waals surface area contributed by atoms with Crippen molar-refractivity contribution in [2.45, 2.75) is 39.0 Å². The van der Waals surface area contributed by atoms with Crippen molar-refractivity contribution >= 4 is 5.91 Å². The minimum Gasteiger partial charge on any atom is -0.356 e. The minimum atomic E-state index is 0.188. The topological polar surface area (TPSA) is 41.1 Å². The Morgan fingerprint density at radius 1 is 1.35 bits per heavy atom. The molecule has 2 rings (SSSR count). The van der Waals surface area contributed by atoms with E-state index in [2.05, 4.69) is 29.7 Å². The molecule has 0 radical (unpaired) electrons. The molecule has 0 spiro atoms. The SMILES string of the molecule is CC1(CNC(=O)CCCc2ccccc2)CCCNC1. The summed E-state index contributed by atoms with van der Waals surface area (Å²) in [6.45, 7) is 5.17. The number of nitrogens with one attached hydrogen (secondary N) is 2. The van der Waals surface area contributed by atoms with Crippen LogP contribution in [0, 0.1) is 5.41 Å². The predicted molar refractivity (Wildman–Crippen MR) is 82.6 cm³/mol. The van der Waals surface area contributed by atoms with Gasteiger partial charge in [-0.2, -0.15) is 0 Å². The Bertz CT molecular complexity index is 410. The molecule has 1 saturated heterocycles. The number of piperidine rings is 1. The van der Waals surface area contributed by atoms with Gasteiger partial charge in [0.2, 0.25) is 5.91 Å². The first-order valence-electron chi connectivity index (χ1n) is 7.69. The summed E-state index contributed by atoms with van der Waals surface area (Å²) in [5.41, 5.74) is 1.54. The molecule has 0 saturated carbocycles. The van der Waals surface area contributed by atoms with Gasteiger partial charge in [0.15, 0.2) is 0 Å². The van der Waals surface area contributed by atoms with Crippen LogP contribution in [-0.2, 0) is 11.2 Å². The summed E-state index contributed by atoms with van der Waals surface area (Å²) in [4.78, 5) is 11.9. The van der Waals surface area contributed by atoms with Crippen molar-refractivity contribution in [2.75, 3.05) is 19.6 Å². The van der Waals surface area contributed by atoms with Crippen LogP contribution in [0.4, 0.5) is 0 Å². The van der Waals surface area contributed by atoms with Gasteiger partial charge in [0.25, 0.3) is 0 Å². The van der Waals surface area contributed by atoms with E-state index in [1.807, 2.05) is 18.2 Å². The van der Waals surface area contributed by atoms with E-state index in [9.17, 15) is 4.79 Å². The lowest BCUT2D eigenvalue weighted by Crippen LogP contribution is -2.45. The Hall–Kier alpha value is -1.35. The molecule has 1 unspecified atom stereocenters. The van der Waals surface area contributed by atoms with Crippen LogP contribution < -0.4 is 10.6 Å². The van der Waals surface area contributed by atoms with Crippen LogP contribution in [0.25, 0.3) is 0 Å². The summed E-state index contributed by atoms with van der Waals surface area (Å²) < 4.78 is 0. The van der Waals surface area contributed by atoms with E-state index < -0.39 is 0 Å². The fourth-order valence-electron chi connectivity index (χ4n) is 2.77. The van der Waals surface area contributed by atoms with E-state index in [4.69, 9.17) is 0 Å². The first kappa shape index (κ1) is 15.0. The molecular formula is C17H26N2O. The number of aryl methyl sites for hydroxylation is 1. The largest absolute Gasteiger partial charge is 0.356 e.